The summed E-state index contributed by atoms with van der Waals surface area (Å²) in [6, 6.07) is 13.8. The van der Waals surface area contributed by atoms with Gasteiger partial charge in [0.2, 0.25) is 11.8 Å². The van der Waals surface area contributed by atoms with Gasteiger partial charge in [0.05, 0.1) is 12.6 Å². The van der Waals surface area contributed by atoms with E-state index in [1.165, 1.54) is 17.7 Å². The minimum atomic E-state index is -0.374. The molecule has 4 rings (SSSR count). The van der Waals surface area contributed by atoms with E-state index < -0.39 is 0 Å². The van der Waals surface area contributed by atoms with Crippen LogP contribution in [0.4, 0.5) is 15.8 Å². The zero-order chi connectivity index (χ0) is 21.1. The fourth-order valence-electron chi connectivity index (χ4n) is 4.23. The van der Waals surface area contributed by atoms with Gasteiger partial charge < -0.3 is 10.2 Å². The van der Waals surface area contributed by atoms with E-state index in [1.807, 2.05) is 30.0 Å². The summed E-state index contributed by atoms with van der Waals surface area (Å²) in [7, 11) is 0. The molecule has 2 aromatic carbocycles. The van der Waals surface area contributed by atoms with Crippen molar-refractivity contribution in [1.82, 2.24) is 9.80 Å². The normalized spacial score (nSPS) is 18.1. The maximum atomic E-state index is 13.3. The first-order valence-corrected chi connectivity index (χ1v) is 10.4. The highest BCUT2D eigenvalue weighted by Crippen LogP contribution is 2.28. The standard InChI is InChI=1S/C23H27FN4O2/c1-17(23(30)28-10-9-18-5-2-3-8-21(18)28)27-13-11-26(12-14-27)16-22(29)25-20-7-4-6-19(24)15-20/h2-8,15,17H,9-14,16H2,1H3,(H,25,29)/t17-/m1/s1. The Morgan fingerprint density at radius 2 is 1.80 bits per heavy atom. The largest absolute Gasteiger partial charge is 0.325 e. The molecular formula is C23H27FN4O2. The van der Waals surface area contributed by atoms with Crippen LogP contribution in [0, 0.1) is 5.82 Å². The van der Waals surface area contributed by atoms with Crippen LogP contribution in [0.3, 0.4) is 0 Å². The molecule has 7 heteroatoms. The monoisotopic (exact) mass is 410 g/mol. The van der Waals surface area contributed by atoms with Gasteiger partial charge in [-0.2, -0.15) is 0 Å². The molecule has 2 aliphatic heterocycles. The number of halogens is 1. The zero-order valence-electron chi connectivity index (χ0n) is 17.2. The Labute approximate surface area is 176 Å². The van der Waals surface area contributed by atoms with Gasteiger partial charge in [-0.3, -0.25) is 19.4 Å². The molecule has 1 N–H and O–H groups in total. The number of carbonyl (C=O) groups is 2. The van der Waals surface area contributed by atoms with Crippen LogP contribution in [-0.4, -0.2) is 66.9 Å². The lowest BCUT2D eigenvalue weighted by molar-refractivity contribution is -0.124. The summed E-state index contributed by atoms with van der Waals surface area (Å²) in [5.74, 6) is -0.398. The van der Waals surface area contributed by atoms with Crippen LogP contribution in [0.2, 0.25) is 0 Å². The molecule has 0 spiro atoms. The van der Waals surface area contributed by atoms with Crippen molar-refractivity contribution in [2.75, 3.05) is 49.5 Å². The van der Waals surface area contributed by atoms with Gasteiger partial charge in [0.1, 0.15) is 5.82 Å². The van der Waals surface area contributed by atoms with Crippen molar-refractivity contribution in [3.8, 4) is 0 Å². The van der Waals surface area contributed by atoms with Crippen molar-refractivity contribution in [2.45, 2.75) is 19.4 Å². The molecule has 0 aliphatic carbocycles. The van der Waals surface area contributed by atoms with Crippen LogP contribution in [-0.2, 0) is 16.0 Å². The second-order valence-corrected chi connectivity index (χ2v) is 7.92. The first kappa shape index (κ1) is 20.5. The summed E-state index contributed by atoms with van der Waals surface area (Å²) in [5, 5.41) is 2.73. The first-order valence-electron chi connectivity index (χ1n) is 10.4. The van der Waals surface area contributed by atoms with Crippen molar-refractivity contribution in [3.05, 3.63) is 59.9 Å². The molecule has 1 atom stereocenters. The van der Waals surface area contributed by atoms with Crippen LogP contribution < -0.4 is 10.2 Å². The lowest BCUT2D eigenvalue weighted by Gasteiger charge is -2.38. The third kappa shape index (κ3) is 4.52. The number of hydrogen-bond donors (Lipinski definition) is 1. The number of para-hydroxylation sites is 1. The van der Waals surface area contributed by atoms with Crippen LogP contribution in [0.5, 0.6) is 0 Å². The fourth-order valence-corrected chi connectivity index (χ4v) is 4.23. The van der Waals surface area contributed by atoms with E-state index >= 15 is 0 Å². The number of nitrogens with one attached hydrogen (secondary N) is 1. The Morgan fingerprint density at radius 3 is 2.57 bits per heavy atom. The summed E-state index contributed by atoms with van der Waals surface area (Å²) in [4.78, 5) is 31.5. The van der Waals surface area contributed by atoms with E-state index in [2.05, 4.69) is 21.2 Å². The zero-order valence-corrected chi connectivity index (χ0v) is 17.2. The maximum Gasteiger partial charge on any atom is 0.244 e. The number of benzene rings is 2. The SMILES string of the molecule is C[C@H](C(=O)N1CCc2ccccc21)N1CCN(CC(=O)Nc2cccc(F)c2)CC1. The number of nitrogens with zero attached hydrogens (tertiary/aromatic N) is 3. The van der Waals surface area contributed by atoms with Gasteiger partial charge >= 0.3 is 0 Å². The topological polar surface area (TPSA) is 55.9 Å². The Morgan fingerprint density at radius 1 is 1.03 bits per heavy atom. The second-order valence-electron chi connectivity index (χ2n) is 7.92. The third-order valence-corrected chi connectivity index (χ3v) is 5.94. The van der Waals surface area contributed by atoms with E-state index in [0.717, 1.165) is 31.7 Å². The average molecular weight is 410 g/mol. The highest BCUT2D eigenvalue weighted by molar-refractivity contribution is 5.98. The summed E-state index contributed by atoms with van der Waals surface area (Å²) in [5.41, 5.74) is 2.72. The molecule has 0 aromatic heterocycles. The van der Waals surface area contributed by atoms with E-state index in [-0.39, 0.29) is 30.2 Å². The lowest BCUT2D eigenvalue weighted by atomic mass is 10.1. The fraction of sp³-hybridized carbons (Fsp3) is 0.391. The molecule has 2 aromatic rings. The highest BCUT2D eigenvalue weighted by Gasteiger charge is 2.32. The van der Waals surface area contributed by atoms with Gasteiger partial charge in [-0.25, -0.2) is 4.39 Å². The number of hydrogen-bond acceptors (Lipinski definition) is 4. The highest BCUT2D eigenvalue weighted by atomic mass is 19.1. The van der Waals surface area contributed by atoms with E-state index in [9.17, 15) is 14.0 Å². The van der Waals surface area contributed by atoms with Crippen molar-refractivity contribution in [3.63, 3.8) is 0 Å². The molecular weight excluding hydrogens is 383 g/mol. The molecule has 0 bridgehead atoms. The lowest BCUT2D eigenvalue weighted by Crippen LogP contribution is -2.55. The Kier molecular flexibility index (Phi) is 6.11. The van der Waals surface area contributed by atoms with Crippen molar-refractivity contribution >= 4 is 23.2 Å². The van der Waals surface area contributed by atoms with Gasteiger partial charge in [-0.15, -0.1) is 0 Å². The molecule has 1 saturated heterocycles. The number of carbonyl (C=O) groups excluding carboxylic acids is 2. The number of rotatable bonds is 5. The van der Waals surface area contributed by atoms with Crippen molar-refractivity contribution in [1.29, 1.82) is 0 Å². The summed E-state index contributed by atoms with van der Waals surface area (Å²) in [6.07, 6.45) is 0.906. The minimum absolute atomic E-state index is 0.136. The van der Waals surface area contributed by atoms with Crippen LogP contribution in [0.25, 0.3) is 0 Å². The van der Waals surface area contributed by atoms with Gasteiger partial charge in [-0.05, 0) is 43.2 Å². The number of piperazine rings is 1. The predicted molar refractivity (Wildman–Crippen MR) is 115 cm³/mol. The molecule has 2 heterocycles. The van der Waals surface area contributed by atoms with Crippen molar-refractivity contribution in [2.24, 2.45) is 0 Å². The Balaban J connectivity index is 1.27. The molecule has 2 aliphatic rings. The number of amides is 2. The van der Waals surface area contributed by atoms with E-state index in [0.29, 0.717) is 18.8 Å². The summed E-state index contributed by atoms with van der Waals surface area (Å²) < 4.78 is 13.3. The minimum Gasteiger partial charge on any atom is -0.325 e. The molecule has 1 fully saturated rings. The molecule has 2 amide bonds. The average Bonchev–Trinajstić information content (AvgIpc) is 3.17. The third-order valence-electron chi connectivity index (χ3n) is 5.94. The number of anilines is 2. The van der Waals surface area contributed by atoms with Crippen LogP contribution in [0.15, 0.2) is 48.5 Å². The predicted octanol–water partition coefficient (Wildman–Crippen LogP) is 2.36. The second kappa shape index (κ2) is 8.93. The molecule has 0 radical (unpaired) electrons. The van der Waals surface area contributed by atoms with Crippen molar-refractivity contribution < 1.29 is 14.0 Å². The van der Waals surface area contributed by atoms with Gasteiger partial charge in [0.15, 0.2) is 0 Å². The molecule has 30 heavy (non-hydrogen) atoms. The molecule has 6 nitrogen and oxygen atoms in total. The smallest absolute Gasteiger partial charge is 0.244 e. The van der Waals surface area contributed by atoms with Crippen LogP contribution in [0.1, 0.15) is 12.5 Å². The Bertz CT molecular complexity index is 927. The molecule has 0 unspecified atom stereocenters. The molecule has 158 valence electrons. The van der Waals surface area contributed by atoms with Gasteiger partial charge in [0, 0.05) is 44.1 Å². The summed E-state index contributed by atoms with van der Waals surface area (Å²) in [6.45, 7) is 5.85. The Hall–Kier alpha value is -2.77. The first-order chi connectivity index (χ1) is 14.5. The van der Waals surface area contributed by atoms with E-state index in [4.69, 9.17) is 0 Å². The number of fused-ring (bicyclic) bond motifs is 1. The van der Waals surface area contributed by atoms with Gasteiger partial charge in [0.25, 0.3) is 0 Å². The summed E-state index contributed by atoms with van der Waals surface area (Å²) >= 11 is 0. The molecule has 0 saturated carbocycles. The quantitative estimate of drug-likeness (QED) is 0.822. The maximum absolute atomic E-state index is 13.3. The van der Waals surface area contributed by atoms with Gasteiger partial charge in [-0.1, -0.05) is 24.3 Å². The van der Waals surface area contributed by atoms with Crippen LogP contribution >= 0.6 is 0 Å². The van der Waals surface area contributed by atoms with E-state index in [1.54, 1.807) is 12.1 Å².